The van der Waals surface area contributed by atoms with E-state index in [-0.39, 0.29) is 30.4 Å². The number of hydrogen-bond donors (Lipinski definition) is 2. The monoisotopic (exact) mass is 361 g/mol. The third-order valence-corrected chi connectivity index (χ3v) is 5.01. The number of nitrogens with zero attached hydrogens (tertiary/aromatic N) is 1. The molecule has 26 heavy (non-hydrogen) atoms. The maximum atomic E-state index is 12.5. The summed E-state index contributed by atoms with van der Waals surface area (Å²) in [6.45, 7) is 4.64. The van der Waals surface area contributed by atoms with Gasteiger partial charge in [-0.2, -0.15) is 0 Å². The molecule has 0 saturated heterocycles. The minimum absolute atomic E-state index is 0.0102. The van der Waals surface area contributed by atoms with E-state index in [9.17, 15) is 9.59 Å². The fourth-order valence-electron chi connectivity index (χ4n) is 3.32. The molecule has 2 rings (SSSR count). The average molecular weight is 361 g/mol. The lowest BCUT2D eigenvalue weighted by Gasteiger charge is -2.29. The van der Waals surface area contributed by atoms with Crippen LogP contribution in [0.4, 0.5) is 5.69 Å². The molecule has 0 bridgehead atoms. The number of rotatable bonds is 8. The molecule has 1 fully saturated rings. The topological polar surface area (TPSA) is 70.7 Å². The van der Waals surface area contributed by atoms with Gasteiger partial charge in [0.25, 0.3) is 0 Å². The lowest BCUT2D eigenvalue weighted by molar-refractivity contribution is -0.128. The zero-order valence-electron chi connectivity index (χ0n) is 16.1. The average Bonchev–Trinajstić information content (AvgIpc) is 2.67. The van der Waals surface area contributed by atoms with Crippen LogP contribution >= 0.6 is 0 Å². The first kappa shape index (κ1) is 20.2. The van der Waals surface area contributed by atoms with E-state index in [0.29, 0.717) is 12.2 Å². The Balaban J connectivity index is 1.85. The second kappa shape index (κ2) is 10.2. The maximum Gasteiger partial charge on any atom is 0.238 e. The van der Waals surface area contributed by atoms with Gasteiger partial charge in [-0.3, -0.25) is 14.5 Å². The summed E-state index contributed by atoms with van der Waals surface area (Å²) in [5.74, 6) is 0.622. The van der Waals surface area contributed by atoms with Crippen LogP contribution in [0, 0.1) is 0 Å². The minimum Gasteiger partial charge on any atom is -0.497 e. The van der Waals surface area contributed by atoms with Gasteiger partial charge < -0.3 is 15.4 Å². The van der Waals surface area contributed by atoms with E-state index in [4.69, 9.17) is 4.74 Å². The highest BCUT2D eigenvalue weighted by Gasteiger charge is 2.24. The Labute approximate surface area is 156 Å². The molecule has 0 spiro atoms. The molecule has 0 radical (unpaired) electrons. The van der Waals surface area contributed by atoms with Gasteiger partial charge in [0.15, 0.2) is 0 Å². The molecule has 0 heterocycles. The van der Waals surface area contributed by atoms with Crippen LogP contribution in [-0.2, 0) is 9.59 Å². The van der Waals surface area contributed by atoms with Crippen molar-refractivity contribution in [3.8, 4) is 5.75 Å². The van der Waals surface area contributed by atoms with Gasteiger partial charge in [0, 0.05) is 11.7 Å². The summed E-state index contributed by atoms with van der Waals surface area (Å²) in [5.41, 5.74) is 0.714. The first-order chi connectivity index (χ1) is 12.5. The number of amides is 2. The highest BCUT2D eigenvalue weighted by atomic mass is 16.5. The predicted molar refractivity (Wildman–Crippen MR) is 103 cm³/mol. The second-order valence-electron chi connectivity index (χ2n) is 6.86. The van der Waals surface area contributed by atoms with Crippen molar-refractivity contribution in [2.75, 3.05) is 25.5 Å². The molecule has 2 amide bonds. The Kier molecular flexibility index (Phi) is 7.91. The fourth-order valence-corrected chi connectivity index (χ4v) is 3.32. The molecular weight excluding hydrogens is 330 g/mol. The van der Waals surface area contributed by atoms with Crippen LogP contribution in [0.1, 0.15) is 46.0 Å². The molecule has 1 atom stereocenters. The van der Waals surface area contributed by atoms with Crippen LogP contribution in [0.5, 0.6) is 5.75 Å². The molecule has 1 aliphatic carbocycles. The van der Waals surface area contributed by atoms with Gasteiger partial charge in [-0.1, -0.05) is 26.2 Å². The number of ether oxygens (including phenoxy) is 1. The fraction of sp³-hybridized carbons (Fsp3) is 0.600. The molecule has 1 unspecified atom stereocenters. The van der Waals surface area contributed by atoms with Gasteiger partial charge in [-0.05, 0) is 50.6 Å². The quantitative estimate of drug-likeness (QED) is 0.747. The first-order valence-electron chi connectivity index (χ1n) is 9.51. The van der Waals surface area contributed by atoms with Gasteiger partial charge in [-0.25, -0.2) is 0 Å². The van der Waals surface area contributed by atoms with E-state index in [0.717, 1.165) is 18.6 Å². The third-order valence-electron chi connectivity index (χ3n) is 5.01. The summed E-state index contributed by atoms with van der Waals surface area (Å²) in [7, 11) is 1.60. The number of carbonyl (C=O) groups is 2. The zero-order chi connectivity index (χ0) is 18.9. The minimum atomic E-state index is -0.330. The molecule has 1 aliphatic rings. The van der Waals surface area contributed by atoms with Gasteiger partial charge in [0.05, 0.1) is 19.7 Å². The Morgan fingerprint density at radius 2 is 1.85 bits per heavy atom. The van der Waals surface area contributed by atoms with Crippen LogP contribution in [-0.4, -0.2) is 49.0 Å². The molecule has 6 nitrogen and oxygen atoms in total. The van der Waals surface area contributed by atoms with Crippen molar-refractivity contribution in [1.82, 2.24) is 10.2 Å². The summed E-state index contributed by atoms with van der Waals surface area (Å²) >= 11 is 0. The van der Waals surface area contributed by atoms with Crippen LogP contribution in [0.15, 0.2) is 24.3 Å². The smallest absolute Gasteiger partial charge is 0.238 e. The summed E-state index contributed by atoms with van der Waals surface area (Å²) in [6.07, 6.45) is 5.74. The normalized spacial score (nSPS) is 16.2. The van der Waals surface area contributed by atoms with E-state index in [1.165, 1.54) is 19.3 Å². The molecular formula is C20H31N3O3. The number of carbonyl (C=O) groups excluding carboxylic acids is 2. The lowest BCUT2D eigenvalue weighted by atomic mass is 9.95. The van der Waals surface area contributed by atoms with Crippen molar-refractivity contribution in [1.29, 1.82) is 0 Å². The molecule has 0 aromatic heterocycles. The number of likely N-dealkylation sites (N-methyl/N-ethyl adjacent to an activating group) is 1. The van der Waals surface area contributed by atoms with Crippen molar-refractivity contribution in [3.05, 3.63) is 24.3 Å². The molecule has 6 heteroatoms. The molecule has 144 valence electrons. The number of hydrogen-bond acceptors (Lipinski definition) is 4. The summed E-state index contributed by atoms with van der Waals surface area (Å²) in [5, 5.41) is 6.01. The summed E-state index contributed by atoms with van der Waals surface area (Å²) in [6, 6.07) is 7.15. The van der Waals surface area contributed by atoms with Crippen LogP contribution < -0.4 is 15.4 Å². The van der Waals surface area contributed by atoms with E-state index < -0.39 is 0 Å². The van der Waals surface area contributed by atoms with Crippen molar-refractivity contribution >= 4 is 17.5 Å². The largest absolute Gasteiger partial charge is 0.497 e. The van der Waals surface area contributed by atoms with Gasteiger partial charge >= 0.3 is 0 Å². The zero-order valence-corrected chi connectivity index (χ0v) is 16.1. The van der Waals surface area contributed by atoms with Gasteiger partial charge in [0.1, 0.15) is 5.75 Å². The van der Waals surface area contributed by atoms with Crippen molar-refractivity contribution < 1.29 is 14.3 Å². The highest BCUT2D eigenvalue weighted by Crippen LogP contribution is 2.18. The highest BCUT2D eigenvalue weighted by molar-refractivity contribution is 5.93. The molecule has 2 N–H and O–H groups in total. The van der Waals surface area contributed by atoms with E-state index in [1.54, 1.807) is 31.4 Å². The number of benzene rings is 1. The molecule has 1 aromatic carbocycles. The summed E-state index contributed by atoms with van der Waals surface area (Å²) < 4.78 is 5.11. The Hall–Kier alpha value is -2.08. The van der Waals surface area contributed by atoms with Crippen molar-refractivity contribution in [3.63, 3.8) is 0 Å². The molecule has 1 saturated carbocycles. The van der Waals surface area contributed by atoms with Crippen LogP contribution in [0.2, 0.25) is 0 Å². The van der Waals surface area contributed by atoms with Crippen LogP contribution in [0.3, 0.4) is 0 Å². The molecule has 0 aliphatic heterocycles. The van der Waals surface area contributed by atoms with Crippen molar-refractivity contribution in [2.45, 2.75) is 58.0 Å². The summed E-state index contributed by atoms with van der Waals surface area (Å²) in [4.78, 5) is 26.7. The van der Waals surface area contributed by atoms with Gasteiger partial charge in [0.2, 0.25) is 11.8 Å². The number of methoxy groups -OCH3 is 1. The van der Waals surface area contributed by atoms with E-state index in [2.05, 4.69) is 10.6 Å². The Morgan fingerprint density at radius 1 is 1.19 bits per heavy atom. The SMILES string of the molecule is CCN(CC(=O)Nc1ccc(OC)cc1)C(C)C(=O)NC1CCCCC1. The number of nitrogens with one attached hydrogen (secondary N) is 2. The first-order valence-corrected chi connectivity index (χ1v) is 9.51. The maximum absolute atomic E-state index is 12.5. The van der Waals surface area contributed by atoms with Gasteiger partial charge in [-0.15, -0.1) is 0 Å². The third kappa shape index (κ3) is 6.02. The predicted octanol–water partition coefficient (Wildman–Crippen LogP) is 2.79. The standard InChI is InChI=1S/C20H31N3O3/c1-4-23(15(2)20(25)22-16-8-6-5-7-9-16)14-19(24)21-17-10-12-18(26-3)13-11-17/h10-13,15-16H,4-9,14H2,1-3H3,(H,21,24)(H,22,25). The Bertz CT molecular complexity index is 582. The van der Waals surface area contributed by atoms with E-state index in [1.807, 2.05) is 18.7 Å². The lowest BCUT2D eigenvalue weighted by Crippen LogP contribution is -2.50. The number of anilines is 1. The molecule has 1 aromatic rings. The second-order valence-corrected chi connectivity index (χ2v) is 6.86. The van der Waals surface area contributed by atoms with Crippen molar-refractivity contribution in [2.24, 2.45) is 0 Å². The van der Waals surface area contributed by atoms with Crippen LogP contribution in [0.25, 0.3) is 0 Å². The Morgan fingerprint density at radius 3 is 2.42 bits per heavy atom. The van der Waals surface area contributed by atoms with E-state index >= 15 is 0 Å².